The summed E-state index contributed by atoms with van der Waals surface area (Å²) in [6, 6.07) is 3.92. The molecule has 0 spiro atoms. The van der Waals surface area contributed by atoms with Gasteiger partial charge in [0.15, 0.2) is 5.65 Å². The van der Waals surface area contributed by atoms with E-state index in [0.717, 1.165) is 19.2 Å². The highest BCUT2D eigenvalue weighted by Gasteiger charge is 2.32. The van der Waals surface area contributed by atoms with E-state index in [0.29, 0.717) is 22.8 Å². The van der Waals surface area contributed by atoms with Gasteiger partial charge < -0.3 is 10.1 Å². The van der Waals surface area contributed by atoms with Gasteiger partial charge in [-0.15, -0.1) is 0 Å². The third kappa shape index (κ3) is 3.53. The highest BCUT2D eigenvalue weighted by molar-refractivity contribution is 6.09. The predicted molar refractivity (Wildman–Crippen MR) is 94.0 cm³/mol. The molecule has 0 aliphatic carbocycles. The van der Waals surface area contributed by atoms with E-state index in [1.54, 1.807) is 18.7 Å². The molecule has 10 heteroatoms. The fraction of sp³-hybridized carbons (Fsp3) is 0.222. The van der Waals surface area contributed by atoms with Crippen LogP contribution in [0.4, 0.5) is 18.9 Å². The first kappa shape index (κ1) is 19.3. The Labute approximate surface area is 157 Å². The van der Waals surface area contributed by atoms with Crippen molar-refractivity contribution in [3.8, 4) is 0 Å². The Kier molecular flexibility index (Phi) is 4.80. The number of halogens is 3. The lowest BCUT2D eigenvalue weighted by Gasteiger charge is -2.13. The van der Waals surface area contributed by atoms with E-state index in [1.807, 2.05) is 0 Å². The maximum Gasteiger partial charge on any atom is 0.416 e. The van der Waals surface area contributed by atoms with Gasteiger partial charge in [-0.2, -0.15) is 18.3 Å². The summed E-state index contributed by atoms with van der Waals surface area (Å²) in [7, 11) is 2.79. The molecule has 3 rings (SSSR count). The number of hydrogen-bond donors (Lipinski definition) is 1. The van der Waals surface area contributed by atoms with Crippen LogP contribution in [0.25, 0.3) is 11.0 Å². The molecule has 1 aromatic carbocycles. The third-order valence-electron chi connectivity index (χ3n) is 4.13. The number of methoxy groups -OCH3 is 1. The second-order valence-electron chi connectivity index (χ2n) is 6.01. The second kappa shape index (κ2) is 6.95. The molecule has 0 unspecified atom stereocenters. The van der Waals surface area contributed by atoms with Crippen molar-refractivity contribution in [2.45, 2.75) is 13.1 Å². The van der Waals surface area contributed by atoms with Crippen LogP contribution in [0.2, 0.25) is 0 Å². The molecule has 0 saturated heterocycles. The zero-order chi connectivity index (χ0) is 20.6. The topological polar surface area (TPSA) is 86.1 Å². The van der Waals surface area contributed by atoms with Crippen LogP contribution < -0.4 is 5.32 Å². The van der Waals surface area contributed by atoms with Crippen molar-refractivity contribution in [3.05, 3.63) is 52.8 Å². The number of hydrogen-bond acceptors (Lipinski definition) is 5. The molecule has 2 aromatic heterocycles. The lowest BCUT2D eigenvalue weighted by molar-refractivity contribution is -0.137. The SMILES string of the molecule is COC(=O)c1ccc(C(F)(F)F)cc1NC(=O)c1cnc2c(c1)c(C)nn2C. The maximum atomic E-state index is 13.0. The molecular weight excluding hydrogens is 377 g/mol. The largest absolute Gasteiger partial charge is 0.465 e. The Balaban J connectivity index is 2.00. The lowest BCUT2D eigenvalue weighted by Crippen LogP contribution is -2.17. The van der Waals surface area contributed by atoms with E-state index in [-0.39, 0.29) is 16.8 Å². The van der Waals surface area contributed by atoms with Gasteiger partial charge in [0.2, 0.25) is 0 Å². The number of carbonyl (C=O) groups excluding carboxylic acids is 2. The average Bonchev–Trinajstić information content (AvgIpc) is 2.93. The summed E-state index contributed by atoms with van der Waals surface area (Å²) in [5.74, 6) is -1.59. The Morgan fingerprint density at radius 2 is 1.93 bits per heavy atom. The standard InChI is InChI=1S/C18H15F3N4O3/c1-9-13-6-10(8-22-15(13)25(2)24-9)16(26)23-14-7-11(18(19,20)21)4-5-12(14)17(27)28-3/h4-8H,1-3H3,(H,23,26). The van der Waals surface area contributed by atoms with E-state index >= 15 is 0 Å². The minimum absolute atomic E-state index is 0.108. The molecule has 0 aliphatic heterocycles. The van der Waals surface area contributed by atoms with Crippen molar-refractivity contribution in [2.75, 3.05) is 12.4 Å². The number of aromatic nitrogens is 3. The van der Waals surface area contributed by atoms with Crippen LogP contribution >= 0.6 is 0 Å². The quantitative estimate of drug-likeness (QED) is 0.691. The average molecular weight is 392 g/mol. The highest BCUT2D eigenvalue weighted by atomic mass is 19.4. The monoisotopic (exact) mass is 392 g/mol. The molecule has 1 amide bonds. The number of nitrogens with one attached hydrogen (secondary N) is 1. The molecule has 0 bridgehead atoms. The Morgan fingerprint density at radius 1 is 1.21 bits per heavy atom. The highest BCUT2D eigenvalue weighted by Crippen LogP contribution is 2.32. The minimum Gasteiger partial charge on any atom is -0.465 e. The number of carbonyl (C=O) groups is 2. The summed E-state index contributed by atoms with van der Waals surface area (Å²) in [5, 5.41) is 7.17. The number of ether oxygens (including phenoxy) is 1. The molecule has 2 heterocycles. The van der Waals surface area contributed by atoms with Gasteiger partial charge in [0.25, 0.3) is 5.91 Å². The number of aryl methyl sites for hydroxylation is 2. The molecule has 28 heavy (non-hydrogen) atoms. The first-order chi connectivity index (χ1) is 13.1. The van der Waals surface area contributed by atoms with Crippen molar-refractivity contribution >= 4 is 28.6 Å². The van der Waals surface area contributed by atoms with E-state index in [1.165, 1.54) is 12.3 Å². The minimum atomic E-state index is -4.64. The Bertz CT molecular complexity index is 1090. The van der Waals surface area contributed by atoms with Gasteiger partial charge in [-0.25, -0.2) is 9.78 Å². The van der Waals surface area contributed by atoms with Gasteiger partial charge in [0, 0.05) is 18.6 Å². The number of amides is 1. The number of rotatable bonds is 3. The first-order valence-corrected chi connectivity index (χ1v) is 8.02. The molecule has 146 valence electrons. The second-order valence-corrected chi connectivity index (χ2v) is 6.01. The summed E-state index contributed by atoms with van der Waals surface area (Å²) in [4.78, 5) is 28.6. The Morgan fingerprint density at radius 3 is 2.57 bits per heavy atom. The third-order valence-corrected chi connectivity index (χ3v) is 4.13. The van der Waals surface area contributed by atoms with Crippen LogP contribution in [-0.2, 0) is 18.0 Å². The van der Waals surface area contributed by atoms with Crippen molar-refractivity contribution < 1.29 is 27.5 Å². The van der Waals surface area contributed by atoms with E-state index in [9.17, 15) is 22.8 Å². The maximum absolute atomic E-state index is 13.0. The molecule has 3 aromatic rings. The molecular formula is C18H15F3N4O3. The van der Waals surface area contributed by atoms with Gasteiger partial charge in [0.05, 0.1) is 35.2 Å². The molecule has 0 fully saturated rings. The van der Waals surface area contributed by atoms with E-state index < -0.39 is 23.6 Å². The van der Waals surface area contributed by atoms with Gasteiger partial charge in [-0.1, -0.05) is 0 Å². The predicted octanol–water partition coefficient (Wildman–Crippen LogP) is 3.33. The number of alkyl halides is 3. The van der Waals surface area contributed by atoms with Crippen LogP contribution in [-0.4, -0.2) is 33.8 Å². The number of pyridine rings is 1. The number of benzene rings is 1. The van der Waals surface area contributed by atoms with Crippen molar-refractivity contribution in [2.24, 2.45) is 7.05 Å². The number of esters is 1. The zero-order valence-corrected chi connectivity index (χ0v) is 15.1. The lowest BCUT2D eigenvalue weighted by atomic mass is 10.1. The summed E-state index contributed by atoms with van der Waals surface area (Å²) in [6.07, 6.45) is -3.36. The molecule has 0 atom stereocenters. The number of nitrogens with zero attached hydrogens (tertiary/aromatic N) is 3. The first-order valence-electron chi connectivity index (χ1n) is 8.02. The van der Waals surface area contributed by atoms with Crippen molar-refractivity contribution in [1.82, 2.24) is 14.8 Å². The van der Waals surface area contributed by atoms with Crippen LogP contribution in [0, 0.1) is 6.92 Å². The Hall–Kier alpha value is -3.43. The van der Waals surface area contributed by atoms with Gasteiger partial charge >= 0.3 is 12.1 Å². The fourth-order valence-corrected chi connectivity index (χ4v) is 2.74. The molecule has 1 N–H and O–H groups in total. The molecule has 7 nitrogen and oxygen atoms in total. The van der Waals surface area contributed by atoms with E-state index in [2.05, 4.69) is 20.1 Å². The molecule has 0 aliphatic rings. The van der Waals surface area contributed by atoms with Gasteiger partial charge in [-0.05, 0) is 31.2 Å². The van der Waals surface area contributed by atoms with Gasteiger partial charge in [0.1, 0.15) is 0 Å². The van der Waals surface area contributed by atoms with Crippen molar-refractivity contribution in [3.63, 3.8) is 0 Å². The fourth-order valence-electron chi connectivity index (χ4n) is 2.74. The zero-order valence-electron chi connectivity index (χ0n) is 15.1. The van der Waals surface area contributed by atoms with E-state index in [4.69, 9.17) is 0 Å². The summed E-state index contributed by atoms with van der Waals surface area (Å²) in [6.45, 7) is 1.74. The molecule has 0 radical (unpaired) electrons. The van der Waals surface area contributed by atoms with Crippen LogP contribution in [0.15, 0.2) is 30.5 Å². The van der Waals surface area contributed by atoms with Crippen LogP contribution in [0.1, 0.15) is 32.0 Å². The van der Waals surface area contributed by atoms with Gasteiger partial charge in [-0.3, -0.25) is 9.48 Å². The number of fused-ring (bicyclic) bond motifs is 1. The summed E-state index contributed by atoms with van der Waals surface area (Å²) >= 11 is 0. The number of anilines is 1. The summed E-state index contributed by atoms with van der Waals surface area (Å²) in [5.41, 5.74) is -0.202. The summed E-state index contributed by atoms with van der Waals surface area (Å²) < 4.78 is 45.2. The van der Waals surface area contributed by atoms with Crippen LogP contribution in [0.3, 0.4) is 0 Å². The molecule has 0 saturated carbocycles. The van der Waals surface area contributed by atoms with Crippen LogP contribution in [0.5, 0.6) is 0 Å². The smallest absolute Gasteiger partial charge is 0.416 e. The normalized spacial score (nSPS) is 11.5. The van der Waals surface area contributed by atoms with Crippen molar-refractivity contribution in [1.29, 1.82) is 0 Å².